The summed E-state index contributed by atoms with van der Waals surface area (Å²) in [6, 6.07) is 0. The van der Waals surface area contributed by atoms with Gasteiger partial charge in [-0.15, -0.1) is 0 Å². The smallest absolute Gasteiger partial charge is 0.332 e. The number of alkyl halides is 1. The number of halogens is 1. The fourth-order valence-electron chi connectivity index (χ4n) is 1.35. The van der Waals surface area contributed by atoms with Crippen LogP contribution in [0.15, 0.2) is 12.5 Å². The van der Waals surface area contributed by atoms with Crippen molar-refractivity contribution in [3.05, 3.63) is 18.2 Å². The first-order chi connectivity index (χ1) is 7.50. The number of nitrogens with zero attached hydrogens (tertiary/aromatic N) is 1. The third-order valence-electron chi connectivity index (χ3n) is 2.10. The Kier molecular flexibility index (Phi) is 3.60. The van der Waals surface area contributed by atoms with Crippen molar-refractivity contribution < 1.29 is 19.1 Å². The topological polar surface area (TPSA) is 95.1 Å². The number of carboxylic acids is 1. The highest BCUT2D eigenvalue weighted by Crippen LogP contribution is 2.13. The summed E-state index contributed by atoms with van der Waals surface area (Å²) in [6.45, 7) is -0.0543. The van der Waals surface area contributed by atoms with Crippen LogP contribution in [0.3, 0.4) is 0 Å². The Labute approximate surface area is 90.9 Å². The Morgan fingerprint density at radius 3 is 2.75 bits per heavy atom. The van der Waals surface area contributed by atoms with Crippen molar-refractivity contribution in [2.24, 2.45) is 0 Å². The van der Waals surface area contributed by atoms with Crippen LogP contribution >= 0.6 is 0 Å². The predicted molar refractivity (Wildman–Crippen MR) is 52.5 cm³/mol. The van der Waals surface area contributed by atoms with Gasteiger partial charge in [0.15, 0.2) is 5.54 Å². The molecule has 1 unspecified atom stereocenters. The number of H-pyrrole nitrogens is 1. The van der Waals surface area contributed by atoms with Gasteiger partial charge in [-0.2, -0.15) is 0 Å². The van der Waals surface area contributed by atoms with Gasteiger partial charge in [-0.3, -0.25) is 4.79 Å². The van der Waals surface area contributed by atoms with Crippen LogP contribution in [0.2, 0.25) is 0 Å². The molecule has 0 saturated carbocycles. The molecular formula is C9H12FN3O3. The number of aliphatic carboxylic acids is 1. The van der Waals surface area contributed by atoms with E-state index in [1.54, 1.807) is 0 Å². The van der Waals surface area contributed by atoms with Crippen LogP contribution in [0.25, 0.3) is 0 Å². The number of rotatable bonds is 5. The quantitative estimate of drug-likeness (QED) is 0.656. The molecule has 88 valence electrons. The maximum atomic E-state index is 12.9. The second kappa shape index (κ2) is 4.73. The van der Waals surface area contributed by atoms with Crippen molar-refractivity contribution in [1.29, 1.82) is 0 Å². The number of imidazole rings is 1. The van der Waals surface area contributed by atoms with Gasteiger partial charge >= 0.3 is 5.97 Å². The van der Waals surface area contributed by atoms with Crippen molar-refractivity contribution in [1.82, 2.24) is 15.3 Å². The molecule has 1 aromatic heterocycles. The van der Waals surface area contributed by atoms with Crippen LogP contribution in [0.1, 0.15) is 12.6 Å². The molecule has 7 heteroatoms. The minimum Gasteiger partial charge on any atom is -0.479 e. The van der Waals surface area contributed by atoms with Crippen molar-refractivity contribution in [3.63, 3.8) is 0 Å². The highest BCUT2D eigenvalue weighted by atomic mass is 19.1. The lowest BCUT2D eigenvalue weighted by Crippen LogP contribution is -2.57. The molecule has 0 radical (unpaired) electrons. The third kappa shape index (κ3) is 2.56. The minimum atomic E-state index is -1.93. The Morgan fingerprint density at radius 2 is 2.38 bits per heavy atom. The van der Waals surface area contributed by atoms with Gasteiger partial charge in [-0.05, 0) is 0 Å². The molecule has 6 nitrogen and oxygen atoms in total. The maximum absolute atomic E-state index is 12.9. The van der Waals surface area contributed by atoms with E-state index in [1.165, 1.54) is 12.5 Å². The zero-order valence-corrected chi connectivity index (χ0v) is 8.66. The fourth-order valence-corrected chi connectivity index (χ4v) is 1.35. The minimum absolute atomic E-state index is 0.182. The molecule has 0 bridgehead atoms. The summed E-state index contributed by atoms with van der Waals surface area (Å²) in [5.41, 5.74) is -1.49. The van der Waals surface area contributed by atoms with Gasteiger partial charge in [0.1, 0.15) is 6.67 Å². The molecule has 0 spiro atoms. The van der Waals surface area contributed by atoms with Crippen LogP contribution in [-0.4, -0.2) is 39.2 Å². The largest absolute Gasteiger partial charge is 0.479 e. The number of hydrogen-bond acceptors (Lipinski definition) is 3. The number of aromatic amines is 1. The molecule has 0 aliphatic heterocycles. The highest BCUT2D eigenvalue weighted by Gasteiger charge is 2.40. The predicted octanol–water partition coefficient (Wildman–Crippen LogP) is -0.119. The van der Waals surface area contributed by atoms with E-state index in [9.17, 15) is 14.0 Å². The van der Waals surface area contributed by atoms with E-state index in [0.29, 0.717) is 5.69 Å². The van der Waals surface area contributed by atoms with Gasteiger partial charge in [-0.25, -0.2) is 14.2 Å². The summed E-state index contributed by atoms with van der Waals surface area (Å²) in [6.07, 6.45) is 2.56. The zero-order chi connectivity index (χ0) is 12.2. The van der Waals surface area contributed by atoms with Crippen LogP contribution in [-0.2, 0) is 16.0 Å². The monoisotopic (exact) mass is 229 g/mol. The molecule has 16 heavy (non-hydrogen) atoms. The first kappa shape index (κ1) is 12.2. The molecule has 3 N–H and O–H groups in total. The van der Waals surface area contributed by atoms with E-state index in [1.807, 2.05) is 0 Å². The van der Waals surface area contributed by atoms with Gasteiger partial charge < -0.3 is 15.4 Å². The van der Waals surface area contributed by atoms with Gasteiger partial charge in [0.25, 0.3) is 0 Å². The van der Waals surface area contributed by atoms with E-state index < -0.39 is 24.1 Å². The van der Waals surface area contributed by atoms with E-state index in [0.717, 1.165) is 6.92 Å². The van der Waals surface area contributed by atoms with Gasteiger partial charge in [0.2, 0.25) is 5.91 Å². The summed E-state index contributed by atoms with van der Waals surface area (Å²) in [4.78, 5) is 28.3. The molecule has 0 aromatic carbocycles. The molecule has 0 aliphatic carbocycles. The van der Waals surface area contributed by atoms with Crippen LogP contribution in [0, 0.1) is 0 Å². The fraction of sp³-hybridized carbons (Fsp3) is 0.444. The van der Waals surface area contributed by atoms with E-state index in [-0.39, 0.29) is 6.42 Å². The number of aromatic nitrogens is 2. The van der Waals surface area contributed by atoms with Crippen LogP contribution in [0.4, 0.5) is 4.39 Å². The van der Waals surface area contributed by atoms with Crippen LogP contribution in [0.5, 0.6) is 0 Å². The SMILES string of the molecule is CC(=O)NC(CF)(Cc1cnc[nH]1)C(=O)O. The van der Waals surface area contributed by atoms with Crippen molar-refractivity contribution >= 4 is 11.9 Å². The van der Waals surface area contributed by atoms with E-state index in [2.05, 4.69) is 15.3 Å². The number of carboxylic acid groups (broad SMARTS) is 1. The Hall–Kier alpha value is -1.92. The number of nitrogens with one attached hydrogen (secondary N) is 2. The normalized spacial score (nSPS) is 14.1. The summed E-state index contributed by atoms with van der Waals surface area (Å²) in [7, 11) is 0. The van der Waals surface area contributed by atoms with Gasteiger partial charge in [-0.1, -0.05) is 0 Å². The molecule has 1 heterocycles. The lowest BCUT2D eigenvalue weighted by Gasteiger charge is -2.26. The molecule has 0 saturated heterocycles. The lowest BCUT2D eigenvalue weighted by atomic mass is 9.95. The number of carbonyl (C=O) groups is 2. The Balaban J connectivity index is 2.93. The average Bonchev–Trinajstić information content (AvgIpc) is 2.68. The van der Waals surface area contributed by atoms with Crippen molar-refractivity contribution in [2.75, 3.05) is 6.67 Å². The maximum Gasteiger partial charge on any atom is 0.332 e. The molecule has 1 amide bonds. The molecule has 0 fully saturated rings. The number of hydrogen-bond donors (Lipinski definition) is 3. The zero-order valence-electron chi connectivity index (χ0n) is 8.66. The molecular weight excluding hydrogens is 217 g/mol. The number of amides is 1. The highest BCUT2D eigenvalue weighted by molar-refractivity contribution is 5.86. The van der Waals surface area contributed by atoms with E-state index >= 15 is 0 Å². The number of carbonyl (C=O) groups excluding carboxylic acids is 1. The van der Waals surface area contributed by atoms with Gasteiger partial charge in [0.05, 0.1) is 6.33 Å². The second-order valence-corrected chi connectivity index (χ2v) is 3.46. The first-order valence-corrected chi connectivity index (χ1v) is 4.55. The lowest BCUT2D eigenvalue weighted by molar-refractivity contribution is -0.148. The van der Waals surface area contributed by atoms with E-state index in [4.69, 9.17) is 5.11 Å². The summed E-state index contributed by atoms with van der Waals surface area (Å²) >= 11 is 0. The van der Waals surface area contributed by atoms with Crippen molar-refractivity contribution in [2.45, 2.75) is 18.9 Å². The van der Waals surface area contributed by atoms with Gasteiger partial charge in [0, 0.05) is 25.2 Å². The molecule has 1 atom stereocenters. The summed E-state index contributed by atoms with van der Waals surface area (Å²) in [5.74, 6) is -2.01. The first-order valence-electron chi connectivity index (χ1n) is 4.55. The third-order valence-corrected chi connectivity index (χ3v) is 2.10. The van der Waals surface area contributed by atoms with Crippen LogP contribution < -0.4 is 5.32 Å². The van der Waals surface area contributed by atoms with Crippen molar-refractivity contribution in [3.8, 4) is 0 Å². The Bertz CT molecular complexity index is 379. The second-order valence-electron chi connectivity index (χ2n) is 3.46. The molecule has 0 aliphatic rings. The average molecular weight is 229 g/mol. The summed E-state index contributed by atoms with van der Waals surface area (Å²) in [5, 5.41) is 11.1. The molecule has 1 aromatic rings. The Morgan fingerprint density at radius 1 is 1.69 bits per heavy atom. The summed E-state index contributed by atoms with van der Waals surface area (Å²) < 4.78 is 12.9. The molecule has 1 rings (SSSR count). The standard InChI is InChI=1S/C9H12FN3O3/c1-6(14)13-9(4-10,8(15)16)2-7-3-11-5-12-7/h3,5H,2,4H2,1H3,(H,11,12)(H,13,14)(H,15,16).